The first-order valence-electron chi connectivity index (χ1n) is 20.5. The molecule has 15 nitrogen and oxygen atoms in total. The monoisotopic (exact) mass is 857 g/mol. The molecule has 2 aliphatic heterocycles. The van der Waals surface area contributed by atoms with Gasteiger partial charge in [0, 0.05) is 34.2 Å². The molecule has 60 heavy (non-hydrogen) atoms. The Morgan fingerprint density at radius 3 is 2.10 bits per heavy atom. The Bertz CT molecular complexity index is 1580. The number of benzene rings is 1. The lowest BCUT2D eigenvalue weighted by atomic mass is 9.89. The number of amides is 4. The van der Waals surface area contributed by atoms with Crippen molar-refractivity contribution in [3.63, 3.8) is 0 Å². The lowest BCUT2D eigenvalue weighted by Gasteiger charge is -2.41. The fourth-order valence-corrected chi connectivity index (χ4v) is 7.92. The summed E-state index contributed by atoms with van der Waals surface area (Å²) in [4.78, 5) is 80.3. The molecule has 340 valence electrons. The summed E-state index contributed by atoms with van der Waals surface area (Å²) in [6.45, 7) is 12.8. The van der Waals surface area contributed by atoms with Gasteiger partial charge in [-0.3, -0.25) is 19.2 Å². The van der Waals surface area contributed by atoms with Crippen molar-refractivity contribution >= 4 is 35.6 Å². The number of nitrogens with zero attached hydrogens (tertiary/aromatic N) is 2. The van der Waals surface area contributed by atoms with E-state index in [1.54, 1.807) is 30.9 Å². The van der Waals surface area contributed by atoms with E-state index in [-0.39, 0.29) is 54.3 Å². The number of carbonyl (C=O) groups excluding carboxylic acids is 5. The third-order valence-electron chi connectivity index (χ3n) is 11.7. The predicted octanol–water partition coefficient (Wildman–Crippen LogP) is 3.72. The van der Waals surface area contributed by atoms with Gasteiger partial charge < -0.3 is 45.1 Å². The van der Waals surface area contributed by atoms with Crippen LogP contribution in [0, 0.1) is 17.8 Å². The number of hydrogen-bond donors (Lipinski definition) is 4. The second-order valence-corrected chi connectivity index (χ2v) is 16.2. The number of ether oxygens (including phenoxy) is 3. The molecule has 1 aromatic rings. The molecule has 2 heterocycles. The molecular weight excluding hydrogens is 791 g/mol. The Morgan fingerprint density at radius 2 is 1.62 bits per heavy atom. The number of carboxylic acid groups (broad SMARTS) is 1. The molecule has 0 bridgehead atoms. The van der Waals surface area contributed by atoms with Crippen molar-refractivity contribution in [1.29, 1.82) is 0 Å². The maximum Gasteiger partial charge on any atom is 0.490 e. The van der Waals surface area contributed by atoms with Crippen LogP contribution in [0.4, 0.5) is 13.2 Å². The lowest BCUT2D eigenvalue weighted by molar-refractivity contribution is -0.192. The van der Waals surface area contributed by atoms with Crippen molar-refractivity contribution < 1.29 is 61.3 Å². The molecule has 2 fully saturated rings. The molecule has 18 heteroatoms. The normalized spacial score (nSPS) is 21.3. The van der Waals surface area contributed by atoms with Crippen LogP contribution in [0.3, 0.4) is 0 Å². The van der Waals surface area contributed by atoms with Gasteiger partial charge in [-0.25, -0.2) is 9.59 Å². The second-order valence-electron chi connectivity index (χ2n) is 16.2. The quantitative estimate of drug-likeness (QED) is 0.148. The fourth-order valence-electron chi connectivity index (χ4n) is 7.92. The summed E-state index contributed by atoms with van der Waals surface area (Å²) >= 11 is 0. The van der Waals surface area contributed by atoms with Crippen LogP contribution in [0.2, 0.25) is 0 Å². The van der Waals surface area contributed by atoms with Gasteiger partial charge in [0.2, 0.25) is 23.6 Å². The molecule has 0 aromatic heterocycles. The van der Waals surface area contributed by atoms with E-state index in [2.05, 4.69) is 16.0 Å². The number of nitrogens with one attached hydrogen (secondary N) is 3. The minimum Gasteiger partial charge on any atom is -0.475 e. The first-order chi connectivity index (χ1) is 28.1. The van der Waals surface area contributed by atoms with E-state index >= 15 is 0 Å². The molecule has 0 aliphatic carbocycles. The average Bonchev–Trinajstić information content (AvgIpc) is 3.89. The van der Waals surface area contributed by atoms with Crippen LogP contribution >= 0.6 is 0 Å². The Kier molecular flexibility index (Phi) is 20.4. The van der Waals surface area contributed by atoms with Crippen LogP contribution < -0.4 is 16.0 Å². The van der Waals surface area contributed by atoms with Crippen molar-refractivity contribution in [1.82, 2.24) is 25.8 Å². The molecule has 0 radical (unpaired) electrons. The number of carboxylic acids is 1. The van der Waals surface area contributed by atoms with Gasteiger partial charge in [-0.2, -0.15) is 13.2 Å². The van der Waals surface area contributed by atoms with Gasteiger partial charge in [-0.05, 0) is 56.6 Å². The number of esters is 1. The molecule has 4 N–H and O–H groups in total. The Morgan fingerprint density at radius 1 is 1.00 bits per heavy atom. The van der Waals surface area contributed by atoms with E-state index in [9.17, 15) is 37.1 Å². The summed E-state index contributed by atoms with van der Waals surface area (Å²) in [5.41, 5.74) is 0.155. The van der Waals surface area contributed by atoms with Crippen molar-refractivity contribution in [3.05, 3.63) is 35.9 Å². The molecule has 0 spiro atoms. The number of likely N-dealkylation sites (tertiary alicyclic amines) is 1. The Hall–Kier alpha value is -4.29. The van der Waals surface area contributed by atoms with Crippen LogP contribution in [0.25, 0.3) is 0 Å². The summed E-state index contributed by atoms with van der Waals surface area (Å²) in [7, 11) is 6.10. The largest absolute Gasteiger partial charge is 0.490 e. The summed E-state index contributed by atoms with van der Waals surface area (Å²) in [5.74, 6) is -5.15. The zero-order valence-corrected chi connectivity index (χ0v) is 36.6. The number of methoxy groups -OCH3 is 3. The van der Waals surface area contributed by atoms with E-state index in [0.717, 1.165) is 31.4 Å². The maximum absolute atomic E-state index is 14.2. The Labute approximate surface area is 351 Å². The van der Waals surface area contributed by atoms with E-state index in [1.807, 2.05) is 65.0 Å². The SMILES string of the molecule is CC[C@H](C)[C@@H]([C@@H](CC(=O)N1CCC[C@H]1[C@H](OC)[C@@H](C)C(=O)N[C@@H](Cc1ccccc1)C(=O)OC)OC)N(C)C(=O)[C@@H](NC(=O)[C@@]1(C)CCCN1)C(C)C.O=C(O)C(F)(F)F. The summed E-state index contributed by atoms with van der Waals surface area (Å²) in [5, 5.41) is 16.3. The van der Waals surface area contributed by atoms with Gasteiger partial charge >= 0.3 is 18.1 Å². The zero-order chi connectivity index (χ0) is 45.5. The minimum absolute atomic E-state index is 0.0127. The number of carbonyl (C=O) groups is 6. The van der Waals surface area contributed by atoms with Gasteiger partial charge in [-0.1, -0.05) is 71.4 Å². The van der Waals surface area contributed by atoms with E-state index in [1.165, 1.54) is 14.2 Å². The molecular formula is C42H66F3N5O10. The zero-order valence-electron chi connectivity index (χ0n) is 36.6. The Balaban J connectivity index is 0.00000162. The van der Waals surface area contributed by atoms with Crippen LogP contribution in [0.5, 0.6) is 0 Å². The fraction of sp³-hybridized carbons (Fsp3) is 0.714. The second kappa shape index (κ2) is 23.6. The van der Waals surface area contributed by atoms with Crippen LogP contribution in [-0.2, 0) is 49.4 Å². The van der Waals surface area contributed by atoms with Gasteiger partial charge in [-0.15, -0.1) is 0 Å². The highest BCUT2D eigenvalue weighted by atomic mass is 19.4. The van der Waals surface area contributed by atoms with Crippen molar-refractivity contribution in [2.75, 3.05) is 41.5 Å². The van der Waals surface area contributed by atoms with Gasteiger partial charge in [0.25, 0.3) is 0 Å². The number of halogens is 3. The third kappa shape index (κ3) is 14.1. The van der Waals surface area contributed by atoms with E-state index < -0.39 is 59.9 Å². The number of rotatable bonds is 19. The van der Waals surface area contributed by atoms with Gasteiger partial charge in [0.15, 0.2) is 0 Å². The van der Waals surface area contributed by atoms with Crippen LogP contribution in [0.15, 0.2) is 30.3 Å². The van der Waals surface area contributed by atoms with E-state index in [4.69, 9.17) is 24.1 Å². The summed E-state index contributed by atoms with van der Waals surface area (Å²) in [6, 6.07) is 6.90. The molecule has 4 amide bonds. The first-order valence-corrected chi connectivity index (χ1v) is 20.5. The number of likely N-dealkylation sites (N-methyl/N-ethyl adjacent to an activating group) is 1. The van der Waals surface area contributed by atoms with Crippen molar-refractivity contribution in [3.8, 4) is 0 Å². The number of aliphatic carboxylic acids is 1. The highest BCUT2D eigenvalue weighted by molar-refractivity contribution is 5.92. The number of alkyl halides is 3. The maximum atomic E-state index is 14.2. The smallest absolute Gasteiger partial charge is 0.475 e. The van der Waals surface area contributed by atoms with Crippen LogP contribution in [-0.4, -0.2) is 140 Å². The highest BCUT2D eigenvalue weighted by Gasteiger charge is 2.44. The molecule has 3 rings (SSSR count). The molecule has 9 atom stereocenters. The van der Waals surface area contributed by atoms with Crippen LogP contribution in [0.1, 0.15) is 85.6 Å². The third-order valence-corrected chi connectivity index (χ3v) is 11.7. The van der Waals surface area contributed by atoms with E-state index in [0.29, 0.717) is 19.4 Å². The van der Waals surface area contributed by atoms with Gasteiger partial charge in [0.1, 0.15) is 12.1 Å². The lowest BCUT2D eigenvalue weighted by Crippen LogP contribution is -2.61. The standard InChI is InChI=1S/C40H65N5O8.C2HF3O2/c1-11-26(4)34(44(7)37(48)33(25(2)3)43-39(50)40(6)20-16-21-41-40)31(51-8)24-32(46)45-22-15-19-30(45)35(52-9)27(5)36(47)42-29(38(49)53-10)23-28-17-13-12-14-18-28;3-2(4,5)1(6)7/h12-14,17-18,25-27,29-31,33-35,41H,11,15-16,19-24H2,1-10H3,(H,42,47)(H,43,50);(H,6,7)/t26-,27+,29-,30-,31+,33-,34-,35+,40+;/m0./s1. The number of hydrogen-bond acceptors (Lipinski definition) is 10. The summed E-state index contributed by atoms with van der Waals surface area (Å²) in [6.07, 6.45) is -2.38. The minimum atomic E-state index is -5.08. The molecule has 2 aliphatic rings. The first kappa shape index (κ1) is 51.8. The van der Waals surface area contributed by atoms with Crippen molar-refractivity contribution in [2.45, 2.75) is 135 Å². The molecule has 0 saturated carbocycles. The average molecular weight is 858 g/mol. The molecule has 1 aromatic carbocycles. The highest BCUT2D eigenvalue weighted by Crippen LogP contribution is 2.30. The predicted molar refractivity (Wildman–Crippen MR) is 216 cm³/mol. The van der Waals surface area contributed by atoms with Gasteiger partial charge in [0.05, 0.1) is 49.3 Å². The molecule has 0 unspecified atom stereocenters. The molecule has 2 saturated heterocycles. The van der Waals surface area contributed by atoms with Crippen molar-refractivity contribution in [2.24, 2.45) is 17.8 Å². The summed E-state index contributed by atoms with van der Waals surface area (Å²) < 4.78 is 48.7. The topological polar surface area (TPSA) is 193 Å².